The molecule has 2 aromatic carbocycles. The lowest BCUT2D eigenvalue weighted by Gasteiger charge is -2.11. The third kappa shape index (κ3) is 2.12. The maximum atomic E-state index is 9.70. The fourth-order valence-electron chi connectivity index (χ4n) is 2.03. The van der Waals surface area contributed by atoms with Gasteiger partial charge in [-0.25, -0.2) is 4.98 Å². The Morgan fingerprint density at radius 3 is 2.75 bits per heavy atom. The number of hydrogen-bond donors (Lipinski definition) is 2. The van der Waals surface area contributed by atoms with Crippen LogP contribution in [0.25, 0.3) is 10.8 Å². The number of pyridine rings is 1. The summed E-state index contributed by atoms with van der Waals surface area (Å²) in [5.41, 5.74) is 0.645. The first-order valence-corrected chi connectivity index (χ1v) is 6.19. The third-order valence-electron chi connectivity index (χ3n) is 3.18. The maximum absolute atomic E-state index is 9.70. The molecule has 1 aromatic heterocycles. The molecule has 4 nitrogen and oxygen atoms in total. The summed E-state index contributed by atoms with van der Waals surface area (Å²) in [5, 5.41) is 20.9. The van der Waals surface area contributed by atoms with Gasteiger partial charge in [0.2, 0.25) is 5.88 Å². The second kappa shape index (κ2) is 4.74. The molecule has 0 amide bonds. The second-order valence-electron chi connectivity index (χ2n) is 4.52. The summed E-state index contributed by atoms with van der Waals surface area (Å²) in [5.74, 6) is 1.26. The van der Waals surface area contributed by atoms with Gasteiger partial charge in [-0.05, 0) is 42.6 Å². The Morgan fingerprint density at radius 1 is 1.05 bits per heavy atom. The topological polar surface area (TPSA) is 62.6 Å². The van der Waals surface area contributed by atoms with E-state index in [1.165, 1.54) is 0 Å². The SMILES string of the molecule is Cc1c(O)cccc1Oc1nccc2ccc(O)cc12. The molecule has 2 N–H and O–H groups in total. The largest absolute Gasteiger partial charge is 0.508 e. The second-order valence-corrected chi connectivity index (χ2v) is 4.52. The number of ether oxygens (including phenoxy) is 1. The fraction of sp³-hybridized carbons (Fsp3) is 0.0625. The first kappa shape index (κ1) is 12.3. The standard InChI is InChI=1S/C16H13NO3/c1-10-14(19)3-2-4-15(10)20-16-13-9-12(18)6-5-11(13)7-8-17-16/h2-9,18-19H,1H3. The smallest absolute Gasteiger partial charge is 0.227 e. The highest BCUT2D eigenvalue weighted by atomic mass is 16.5. The van der Waals surface area contributed by atoms with Crippen LogP contribution in [0.3, 0.4) is 0 Å². The van der Waals surface area contributed by atoms with Crippen molar-refractivity contribution in [3.63, 3.8) is 0 Å². The minimum Gasteiger partial charge on any atom is -0.508 e. The van der Waals surface area contributed by atoms with Crippen LogP contribution in [0.2, 0.25) is 0 Å². The molecular weight excluding hydrogens is 254 g/mol. The van der Waals surface area contributed by atoms with Gasteiger partial charge in [-0.3, -0.25) is 0 Å². The third-order valence-corrected chi connectivity index (χ3v) is 3.18. The summed E-state index contributed by atoms with van der Waals surface area (Å²) in [6, 6.07) is 11.9. The first-order chi connectivity index (χ1) is 9.65. The Labute approximate surface area is 115 Å². The van der Waals surface area contributed by atoms with Gasteiger partial charge in [0.25, 0.3) is 0 Å². The molecule has 0 bridgehead atoms. The normalized spacial score (nSPS) is 10.7. The number of aromatic nitrogens is 1. The molecular formula is C16H13NO3. The van der Waals surface area contributed by atoms with Crippen LogP contribution in [0.4, 0.5) is 0 Å². The molecule has 0 aliphatic carbocycles. The average molecular weight is 267 g/mol. The van der Waals surface area contributed by atoms with Crippen molar-refractivity contribution < 1.29 is 14.9 Å². The summed E-state index contributed by atoms with van der Waals surface area (Å²) >= 11 is 0. The lowest BCUT2D eigenvalue weighted by atomic mass is 10.1. The van der Waals surface area contributed by atoms with Gasteiger partial charge < -0.3 is 14.9 Å². The number of rotatable bonds is 2. The van der Waals surface area contributed by atoms with E-state index >= 15 is 0 Å². The number of phenolic OH excluding ortho intramolecular Hbond substituents is 2. The molecule has 0 fully saturated rings. The Kier molecular flexibility index (Phi) is 2.91. The van der Waals surface area contributed by atoms with Crippen LogP contribution in [-0.2, 0) is 0 Å². The highest BCUT2D eigenvalue weighted by Gasteiger charge is 2.09. The Bertz CT molecular complexity index is 784. The Balaban J connectivity index is 2.11. The van der Waals surface area contributed by atoms with Crippen LogP contribution < -0.4 is 4.74 Å². The molecule has 0 unspecified atom stereocenters. The van der Waals surface area contributed by atoms with Crippen molar-refractivity contribution in [3.05, 3.63) is 54.2 Å². The van der Waals surface area contributed by atoms with Gasteiger partial charge in [0.1, 0.15) is 17.2 Å². The molecule has 0 aliphatic heterocycles. The highest BCUT2D eigenvalue weighted by molar-refractivity contribution is 5.88. The van der Waals surface area contributed by atoms with Gasteiger partial charge in [0.05, 0.1) is 0 Å². The van der Waals surface area contributed by atoms with Gasteiger partial charge >= 0.3 is 0 Å². The number of benzene rings is 2. The Morgan fingerprint density at radius 2 is 1.90 bits per heavy atom. The molecule has 4 heteroatoms. The summed E-state index contributed by atoms with van der Waals surface area (Å²) in [6.07, 6.45) is 1.65. The van der Waals surface area contributed by atoms with Crippen molar-refractivity contribution in [2.24, 2.45) is 0 Å². The van der Waals surface area contributed by atoms with E-state index < -0.39 is 0 Å². The molecule has 100 valence electrons. The summed E-state index contributed by atoms with van der Waals surface area (Å²) in [6.45, 7) is 1.77. The Hall–Kier alpha value is -2.75. The molecule has 3 rings (SSSR count). The van der Waals surface area contributed by atoms with Crippen LogP contribution in [0.1, 0.15) is 5.56 Å². The predicted molar refractivity (Wildman–Crippen MR) is 76.3 cm³/mol. The molecule has 0 aliphatic rings. The quantitative estimate of drug-likeness (QED) is 0.742. The molecule has 0 spiro atoms. The molecule has 20 heavy (non-hydrogen) atoms. The van der Waals surface area contributed by atoms with Crippen LogP contribution >= 0.6 is 0 Å². The van der Waals surface area contributed by atoms with Gasteiger partial charge in [-0.15, -0.1) is 0 Å². The minimum atomic E-state index is 0.156. The van der Waals surface area contributed by atoms with E-state index in [4.69, 9.17) is 4.74 Å². The van der Waals surface area contributed by atoms with Crippen LogP contribution in [0.5, 0.6) is 23.1 Å². The summed E-state index contributed by atoms with van der Waals surface area (Å²) in [7, 11) is 0. The van der Waals surface area contributed by atoms with Gasteiger partial charge in [0, 0.05) is 17.1 Å². The predicted octanol–water partition coefficient (Wildman–Crippen LogP) is 3.75. The molecule has 0 saturated carbocycles. The number of phenols is 2. The zero-order valence-corrected chi connectivity index (χ0v) is 10.9. The molecule has 1 heterocycles. The zero-order chi connectivity index (χ0) is 14.1. The van der Waals surface area contributed by atoms with Gasteiger partial charge in [-0.1, -0.05) is 12.1 Å². The van der Waals surface area contributed by atoms with Gasteiger partial charge in [0.15, 0.2) is 0 Å². The molecule has 0 atom stereocenters. The van der Waals surface area contributed by atoms with Crippen LogP contribution in [-0.4, -0.2) is 15.2 Å². The van der Waals surface area contributed by atoms with E-state index in [0.29, 0.717) is 17.2 Å². The monoisotopic (exact) mass is 267 g/mol. The maximum Gasteiger partial charge on any atom is 0.227 e. The number of fused-ring (bicyclic) bond motifs is 1. The van der Waals surface area contributed by atoms with Crippen LogP contribution in [0.15, 0.2) is 48.7 Å². The number of nitrogens with zero attached hydrogens (tertiary/aromatic N) is 1. The number of aromatic hydroxyl groups is 2. The van der Waals surface area contributed by atoms with E-state index in [0.717, 1.165) is 10.8 Å². The highest BCUT2D eigenvalue weighted by Crippen LogP contribution is 2.33. The van der Waals surface area contributed by atoms with Crippen LogP contribution in [0, 0.1) is 6.92 Å². The molecule has 0 saturated heterocycles. The molecule has 3 aromatic rings. The minimum absolute atomic E-state index is 0.156. The fourth-order valence-corrected chi connectivity index (χ4v) is 2.03. The molecule has 0 radical (unpaired) electrons. The van der Waals surface area contributed by atoms with Crippen molar-refractivity contribution in [1.29, 1.82) is 0 Å². The van der Waals surface area contributed by atoms with E-state index in [-0.39, 0.29) is 11.5 Å². The average Bonchev–Trinajstić information content (AvgIpc) is 2.44. The van der Waals surface area contributed by atoms with Crippen molar-refractivity contribution in [2.75, 3.05) is 0 Å². The van der Waals surface area contributed by atoms with E-state index in [9.17, 15) is 10.2 Å². The van der Waals surface area contributed by atoms with E-state index in [1.54, 1.807) is 49.5 Å². The lowest BCUT2D eigenvalue weighted by Crippen LogP contribution is -1.91. The van der Waals surface area contributed by atoms with Crippen molar-refractivity contribution in [3.8, 4) is 23.1 Å². The van der Waals surface area contributed by atoms with Crippen molar-refractivity contribution in [1.82, 2.24) is 4.98 Å². The lowest BCUT2D eigenvalue weighted by molar-refractivity contribution is 0.441. The van der Waals surface area contributed by atoms with E-state index in [2.05, 4.69) is 4.98 Å². The number of hydrogen-bond acceptors (Lipinski definition) is 4. The van der Waals surface area contributed by atoms with Crippen molar-refractivity contribution in [2.45, 2.75) is 6.92 Å². The first-order valence-electron chi connectivity index (χ1n) is 6.19. The van der Waals surface area contributed by atoms with Gasteiger partial charge in [-0.2, -0.15) is 0 Å². The van der Waals surface area contributed by atoms with Crippen molar-refractivity contribution >= 4 is 10.8 Å². The zero-order valence-electron chi connectivity index (χ0n) is 10.9. The summed E-state index contributed by atoms with van der Waals surface area (Å²) < 4.78 is 5.78. The summed E-state index contributed by atoms with van der Waals surface area (Å²) in [4.78, 5) is 4.20. The van der Waals surface area contributed by atoms with E-state index in [1.807, 2.05) is 6.07 Å².